The van der Waals surface area contributed by atoms with Gasteiger partial charge >= 0.3 is 0 Å². The average Bonchev–Trinajstić information content (AvgIpc) is 3.28. The molecule has 0 saturated carbocycles. The quantitative estimate of drug-likeness (QED) is 0.884. The number of carbonyl (C=O) groups is 1. The highest BCUT2D eigenvalue weighted by Crippen LogP contribution is 2.31. The molecule has 0 radical (unpaired) electrons. The number of nitrogens with zero attached hydrogens (tertiary/aromatic N) is 3. The van der Waals surface area contributed by atoms with E-state index in [0.717, 1.165) is 62.4 Å². The molecule has 2 aliphatic heterocycles. The SMILES string of the molecule is CC(C)c1csc(C2CCCN(C(=O)c3n[nH]c4c3CNCC4)C2)n1. The molecule has 25 heavy (non-hydrogen) atoms. The molecule has 2 N–H and O–H groups in total. The van der Waals surface area contributed by atoms with Crippen LogP contribution in [0.5, 0.6) is 0 Å². The van der Waals surface area contributed by atoms with E-state index in [1.54, 1.807) is 11.3 Å². The Kier molecular flexibility index (Phi) is 4.60. The highest BCUT2D eigenvalue weighted by molar-refractivity contribution is 7.09. The number of likely N-dealkylation sites (tertiary alicyclic amines) is 1. The van der Waals surface area contributed by atoms with Crippen molar-refractivity contribution in [2.24, 2.45) is 0 Å². The zero-order valence-electron chi connectivity index (χ0n) is 14.8. The number of hydrogen-bond acceptors (Lipinski definition) is 5. The molecule has 1 saturated heterocycles. The van der Waals surface area contributed by atoms with Crippen LogP contribution in [-0.2, 0) is 13.0 Å². The molecule has 1 atom stereocenters. The van der Waals surface area contributed by atoms with Crippen LogP contribution >= 0.6 is 11.3 Å². The van der Waals surface area contributed by atoms with Crippen molar-refractivity contribution in [2.75, 3.05) is 19.6 Å². The molecule has 1 fully saturated rings. The summed E-state index contributed by atoms with van der Waals surface area (Å²) >= 11 is 1.74. The molecule has 7 heteroatoms. The van der Waals surface area contributed by atoms with E-state index in [2.05, 4.69) is 34.7 Å². The van der Waals surface area contributed by atoms with Crippen molar-refractivity contribution >= 4 is 17.2 Å². The van der Waals surface area contributed by atoms with Crippen LogP contribution in [0.2, 0.25) is 0 Å². The molecular formula is C18H25N5OS. The van der Waals surface area contributed by atoms with Crippen LogP contribution in [0.4, 0.5) is 0 Å². The summed E-state index contributed by atoms with van der Waals surface area (Å²) in [6.07, 6.45) is 3.04. The van der Waals surface area contributed by atoms with Crippen LogP contribution in [-0.4, -0.2) is 45.6 Å². The number of hydrogen-bond donors (Lipinski definition) is 2. The van der Waals surface area contributed by atoms with Crippen LogP contribution in [0.3, 0.4) is 0 Å². The van der Waals surface area contributed by atoms with Gasteiger partial charge in [0.2, 0.25) is 0 Å². The molecule has 4 heterocycles. The van der Waals surface area contributed by atoms with Crippen molar-refractivity contribution in [1.82, 2.24) is 25.4 Å². The van der Waals surface area contributed by atoms with E-state index >= 15 is 0 Å². The van der Waals surface area contributed by atoms with Crippen LogP contribution in [0.1, 0.15) is 71.0 Å². The maximum absolute atomic E-state index is 13.0. The summed E-state index contributed by atoms with van der Waals surface area (Å²) in [5.74, 6) is 0.865. The van der Waals surface area contributed by atoms with Crippen molar-refractivity contribution in [3.63, 3.8) is 0 Å². The Labute approximate surface area is 152 Å². The smallest absolute Gasteiger partial charge is 0.274 e. The lowest BCUT2D eigenvalue weighted by molar-refractivity contribution is 0.0699. The minimum Gasteiger partial charge on any atom is -0.337 e. The van der Waals surface area contributed by atoms with E-state index in [1.807, 2.05) is 4.90 Å². The fraction of sp³-hybridized carbons (Fsp3) is 0.611. The maximum Gasteiger partial charge on any atom is 0.274 e. The van der Waals surface area contributed by atoms with Gasteiger partial charge in [-0.25, -0.2) is 4.98 Å². The predicted octanol–water partition coefficient (Wildman–Crippen LogP) is 2.66. The largest absolute Gasteiger partial charge is 0.337 e. The lowest BCUT2D eigenvalue weighted by Gasteiger charge is -2.31. The maximum atomic E-state index is 13.0. The number of amides is 1. The molecule has 0 bridgehead atoms. The van der Waals surface area contributed by atoms with Crippen LogP contribution in [0.15, 0.2) is 5.38 Å². The molecular weight excluding hydrogens is 334 g/mol. The van der Waals surface area contributed by atoms with Gasteiger partial charge in [0.15, 0.2) is 5.69 Å². The van der Waals surface area contributed by atoms with Crippen molar-refractivity contribution in [1.29, 1.82) is 0 Å². The number of carbonyl (C=O) groups excluding carboxylic acids is 1. The standard InChI is InChI=1S/C18H25N5OS/c1-11(2)15-10-25-17(20-15)12-4-3-7-23(9-12)18(24)16-13-8-19-6-5-14(13)21-22-16/h10-12,19H,3-9H2,1-2H3,(H,21,22). The number of fused-ring (bicyclic) bond motifs is 1. The van der Waals surface area contributed by atoms with E-state index in [1.165, 1.54) is 5.01 Å². The first-order valence-electron chi connectivity index (χ1n) is 9.15. The van der Waals surface area contributed by atoms with Gasteiger partial charge in [0, 0.05) is 55.2 Å². The third-order valence-electron chi connectivity index (χ3n) is 5.20. The molecule has 134 valence electrons. The first kappa shape index (κ1) is 16.7. The lowest BCUT2D eigenvalue weighted by Crippen LogP contribution is -2.40. The molecule has 1 amide bonds. The number of H-pyrrole nitrogens is 1. The molecule has 6 nitrogen and oxygen atoms in total. The summed E-state index contributed by atoms with van der Waals surface area (Å²) < 4.78 is 0. The van der Waals surface area contributed by atoms with Gasteiger partial charge in [0.1, 0.15) is 0 Å². The van der Waals surface area contributed by atoms with E-state index in [4.69, 9.17) is 4.98 Å². The lowest BCUT2D eigenvalue weighted by atomic mass is 9.97. The molecule has 2 aromatic rings. The van der Waals surface area contributed by atoms with Gasteiger partial charge in [0.05, 0.1) is 10.7 Å². The minimum absolute atomic E-state index is 0.0616. The number of thiazole rings is 1. The number of piperidine rings is 1. The normalized spacial score (nSPS) is 20.8. The van der Waals surface area contributed by atoms with Crippen molar-refractivity contribution in [3.8, 4) is 0 Å². The highest BCUT2D eigenvalue weighted by Gasteiger charge is 2.31. The molecule has 0 aliphatic carbocycles. The van der Waals surface area contributed by atoms with Crippen LogP contribution in [0.25, 0.3) is 0 Å². The van der Waals surface area contributed by atoms with Gasteiger partial charge in [-0.1, -0.05) is 13.8 Å². The van der Waals surface area contributed by atoms with Crippen molar-refractivity contribution in [3.05, 3.63) is 33.0 Å². The second-order valence-corrected chi connectivity index (χ2v) is 8.20. The predicted molar refractivity (Wildman–Crippen MR) is 98.1 cm³/mol. The van der Waals surface area contributed by atoms with Crippen LogP contribution < -0.4 is 5.32 Å². The Balaban J connectivity index is 1.50. The number of rotatable bonds is 3. The number of nitrogens with one attached hydrogen (secondary N) is 2. The summed E-state index contributed by atoms with van der Waals surface area (Å²) in [5, 5.41) is 14.1. The van der Waals surface area contributed by atoms with E-state index in [-0.39, 0.29) is 5.91 Å². The first-order valence-corrected chi connectivity index (χ1v) is 10.0. The Morgan fingerprint density at radius 2 is 2.32 bits per heavy atom. The summed E-state index contributed by atoms with van der Waals surface area (Å²) in [5.41, 5.74) is 3.92. The molecule has 4 rings (SSSR count). The fourth-order valence-corrected chi connectivity index (χ4v) is 4.78. The Morgan fingerprint density at radius 3 is 3.12 bits per heavy atom. The zero-order valence-corrected chi connectivity index (χ0v) is 15.7. The number of aromatic amines is 1. The second kappa shape index (κ2) is 6.88. The molecule has 0 spiro atoms. The van der Waals surface area contributed by atoms with Crippen molar-refractivity contribution in [2.45, 2.75) is 51.5 Å². The molecule has 1 unspecified atom stereocenters. The Bertz CT molecular complexity index is 765. The van der Waals surface area contributed by atoms with Gasteiger partial charge in [0.25, 0.3) is 5.91 Å². The van der Waals surface area contributed by atoms with Gasteiger partial charge in [-0.05, 0) is 18.8 Å². The summed E-state index contributed by atoms with van der Waals surface area (Å²) in [6, 6.07) is 0. The monoisotopic (exact) mass is 359 g/mol. The number of aromatic nitrogens is 3. The summed E-state index contributed by atoms with van der Waals surface area (Å²) in [6.45, 7) is 7.57. The third-order valence-corrected chi connectivity index (χ3v) is 6.22. The van der Waals surface area contributed by atoms with Gasteiger partial charge in [-0.2, -0.15) is 5.10 Å². The second-order valence-electron chi connectivity index (χ2n) is 7.31. The Morgan fingerprint density at radius 1 is 1.44 bits per heavy atom. The van der Waals surface area contributed by atoms with Crippen LogP contribution in [0, 0.1) is 0 Å². The molecule has 2 aromatic heterocycles. The van der Waals surface area contributed by atoms with Crippen molar-refractivity contribution < 1.29 is 4.79 Å². The fourth-order valence-electron chi connectivity index (χ4n) is 3.67. The highest BCUT2D eigenvalue weighted by atomic mass is 32.1. The van der Waals surface area contributed by atoms with Gasteiger partial charge in [-0.15, -0.1) is 11.3 Å². The van der Waals surface area contributed by atoms with Gasteiger partial charge < -0.3 is 10.2 Å². The van der Waals surface area contributed by atoms with E-state index in [0.29, 0.717) is 17.5 Å². The summed E-state index contributed by atoms with van der Waals surface area (Å²) in [4.78, 5) is 19.8. The topological polar surface area (TPSA) is 73.9 Å². The Hall–Kier alpha value is -1.73. The first-order chi connectivity index (χ1) is 12.1. The van der Waals surface area contributed by atoms with E-state index in [9.17, 15) is 4.79 Å². The molecule has 2 aliphatic rings. The van der Waals surface area contributed by atoms with Gasteiger partial charge in [-0.3, -0.25) is 9.89 Å². The third kappa shape index (κ3) is 3.22. The molecule has 0 aromatic carbocycles. The average molecular weight is 359 g/mol. The minimum atomic E-state index is 0.0616. The summed E-state index contributed by atoms with van der Waals surface area (Å²) in [7, 11) is 0. The zero-order chi connectivity index (χ0) is 17.4. The van der Waals surface area contributed by atoms with E-state index < -0.39 is 0 Å².